The molecule has 0 saturated carbocycles. The summed E-state index contributed by atoms with van der Waals surface area (Å²) in [5.41, 5.74) is -0.585. The van der Waals surface area contributed by atoms with Gasteiger partial charge in [-0.05, 0) is 25.5 Å². The minimum atomic E-state index is -4.39. The van der Waals surface area contributed by atoms with Crippen LogP contribution in [0, 0.1) is 6.92 Å². The molecule has 0 aliphatic rings. The number of hydrogen-bond acceptors (Lipinski definition) is 5. The van der Waals surface area contributed by atoms with Crippen LogP contribution in [-0.4, -0.2) is 29.1 Å². The fraction of sp³-hybridized carbons (Fsp3) is 0.357. The van der Waals surface area contributed by atoms with Crippen molar-refractivity contribution < 1.29 is 22.5 Å². The average Bonchev–Trinajstić information content (AvgIpc) is 2.93. The van der Waals surface area contributed by atoms with E-state index in [1.54, 1.807) is 6.92 Å². The summed E-state index contributed by atoms with van der Waals surface area (Å²) in [4.78, 5) is 15.3. The highest BCUT2D eigenvalue weighted by Gasteiger charge is 2.30. The number of carbonyl (C=O) groups excluding carboxylic acids is 1. The Bertz CT molecular complexity index is 653. The van der Waals surface area contributed by atoms with Crippen molar-refractivity contribution in [2.45, 2.75) is 19.5 Å². The number of pyridine rings is 1. The van der Waals surface area contributed by atoms with Crippen LogP contribution in [0.2, 0.25) is 0 Å². The second-order valence-corrected chi connectivity index (χ2v) is 4.79. The summed E-state index contributed by atoms with van der Waals surface area (Å²) in [5.74, 6) is 0.552. The van der Waals surface area contributed by atoms with Crippen LogP contribution in [-0.2, 0) is 6.18 Å². The molecule has 0 bridgehead atoms. The van der Waals surface area contributed by atoms with Gasteiger partial charge in [0.15, 0.2) is 5.69 Å². The molecule has 0 aromatic carbocycles. The number of alkyl halides is 3. The van der Waals surface area contributed by atoms with Gasteiger partial charge in [0.05, 0.1) is 5.56 Å². The van der Waals surface area contributed by atoms with E-state index in [2.05, 4.69) is 20.8 Å². The van der Waals surface area contributed by atoms with E-state index in [1.165, 1.54) is 12.1 Å². The highest BCUT2D eigenvalue weighted by Crippen LogP contribution is 2.28. The van der Waals surface area contributed by atoms with E-state index in [0.29, 0.717) is 31.1 Å². The summed E-state index contributed by atoms with van der Waals surface area (Å²) in [6.07, 6.45) is -3.04. The molecule has 0 unspecified atom stereocenters. The van der Waals surface area contributed by atoms with Gasteiger partial charge in [0, 0.05) is 25.4 Å². The summed E-state index contributed by atoms with van der Waals surface area (Å²) >= 11 is 0. The lowest BCUT2D eigenvalue weighted by atomic mass is 10.3. The molecule has 0 saturated heterocycles. The lowest BCUT2D eigenvalue weighted by Crippen LogP contribution is -2.26. The average molecular weight is 328 g/mol. The molecule has 2 aromatic rings. The van der Waals surface area contributed by atoms with Gasteiger partial charge in [-0.15, -0.1) is 0 Å². The van der Waals surface area contributed by atoms with Gasteiger partial charge < -0.3 is 15.2 Å². The first-order valence-electron chi connectivity index (χ1n) is 6.85. The molecule has 2 N–H and O–H groups in total. The monoisotopic (exact) mass is 328 g/mol. The summed E-state index contributed by atoms with van der Waals surface area (Å²) in [7, 11) is 0. The van der Waals surface area contributed by atoms with Gasteiger partial charge in [0.25, 0.3) is 5.91 Å². The first kappa shape index (κ1) is 16.8. The van der Waals surface area contributed by atoms with Gasteiger partial charge in [-0.1, -0.05) is 5.16 Å². The number of amides is 1. The van der Waals surface area contributed by atoms with Crippen LogP contribution in [0.5, 0.6) is 0 Å². The van der Waals surface area contributed by atoms with Crippen molar-refractivity contribution in [1.29, 1.82) is 0 Å². The van der Waals surface area contributed by atoms with Crippen LogP contribution >= 0.6 is 0 Å². The maximum Gasteiger partial charge on any atom is 0.417 e. The largest absolute Gasteiger partial charge is 0.417 e. The third-order valence-corrected chi connectivity index (χ3v) is 2.90. The zero-order valence-corrected chi connectivity index (χ0v) is 12.3. The number of halogens is 3. The Hall–Kier alpha value is -2.58. The number of carbonyl (C=O) groups is 1. The van der Waals surface area contributed by atoms with E-state index in [1.807, 2.05) is 0 Å². The number of hydrogen-bond donors (Lipinski definition) is 2. The SMILES string of the molecule is Cc1cc(C(=O)NCCCNc2ccc(C(F)(F)F)cn2)no1. The summed E-state index contributed by atoms with van der Waals surface area (Å²) in [6, 6.07) is 3.75. The number of nitrogens with zero attached hydrogens (tertiary/aromatic N) is 2. The van der Waals surface area contributed by atoms with Crippen molar-refractivity contribution in [1.82, 2.24) is 15.5 Å². The Morgan fingerprint density at radius 3 is 2.65 bits per heavy atom. The molecular formula is C14H15F3N4O2. The molecule has 2 heterocycles. The Labute approximate surface area is 130 Å². The van der Waals surface area contributed by atoms with Crippen molar-refractivity contribution >= 4 is 11.7 Å². The smallest absolute Gasteiger partial charge is 0.370 e. The minimum Gasteiger partial charge on any atom is -0.370 e. The molecule has 23 heavy (non-hydrogen) atoms. The molecule has 0 fully saturated rings. The summed E-state index contributed by atoms with van der Waals surface area (Å²) < 4.78 is 41.9. The minimum absolute atomic E-state index is 0.208. The molecule has 6 nitrogen and oxygen atoms in total. The van der Waals surface area contributed by atoms with Crippen molar-refractivity contribution in [2.24, 2.45) is 0 Å². The predicted molar refractivity (Wildman–Crippen MR) is 75.9 cm³/mol. The quantitative estimate of drug-likeness (QED) is 0.797. The van der Waals surface area contributed by atoms with E-state index < -0.39 is 11.7 Å². The van der Waals surface area contributed by atoms with Gasteiger partial charge in [-0.3, -0.25) is 4.79 Å². The molecule has 124 valence electrons. The van der Waals surface area contributed by atoms with Crippen LogP contribution in [0.4, 0.5) is 19.0 Å². The van der Waals surface area contributed by atoms with Gasteiger partial charge in [0.1, 0.15) is 11.6 Å². The summed E-state index contributed by atoms with van der Waals surface area (Å²) in [6.45, 7) is 2.53. The predicted octanol–water partition coefficient (Wildman–Crippen LogP) is 2.63. The van der Waals surface area contributed by atoms with Crippen LogP contribution in [0.1, 0.15) is 28.2 Å². The van der Waals surface area contributed by atoms with E-state index in [0.717, 1.165) is 12.3 Å². The lowest BCUT2D eigenvalue weighted by molar-refractivity contribution is -0.137. The van der Waals surface area contributed by atoms with Crippen molar-refractivity contribution in [2.75, 3.05) is 18.4 Å². The van der Waals surface area contributed by atoms with Crippen molar-refractivity contribution in [3.63, 3.8) is 0 Å². The molecular weight excluding hydrogens is 313 g/mol. The van der Waals surface area contributed by atoms with Crippen molar-refractivity contribution in [3.8, 4) is 0 Å². The van der Waals surface area contributed by atoms with Crippen molar-refractivity contribution in [3.05, 3.63) is 41.4 Å². The second kappa shape index (κ2) is 7.12. The number of rotatable bonds is 6. The second-order valence-electron chi connectivity index (χ2n) is 4.79. The fourth-order valence-electron chi connectivity index (χ4n) is 1.74. The third kappa shape index (κ3) is 4.97. The first-order valence-corrected chi connectivity index (χ1v) is 6.85. The molecule has 2 rings (SSSR count). The van der Waals surface area contributed by atoms with Gasteiger partial charge in [-0.25, -0.2) is 4.98 Å². The van der Waals surface area contributed by atoms with Gasteiger partial charge in [-0.2, -0.15) is 13.2 Å². The van der Waals surface area contributed by atoms with E-state index in [4.69, 9.17) is 4.52 Å². The van der Waals surface area contributed by atoms with Gasteiger partial charge >= 0.3 is 6.18 Å². The normalized spacial score (nSPS) is 11.3. The Kier molecular flexibility index (Phi) is 5.20. The number of nitrogens with one attached hydrogen (secondary N) is 2. The third-order valence-electron chi connectivity index (χ3n) is 2.90. The maximum absolute atomic E-state index is 12.4. The Morgan fingerprint density at radius 1 is 1.30 bits per heavy atom. The van der Waals surface area contributed by atoms with Crippen LogP contribution < -0.4 is 10.6 Å². The standard InChI is InChI=1S/C14H15F3N4O2/c1-9-7-11(21-23-9)13(22)19-6-2-5-18-12-4-3-10(8-20-12)14(15,16)17/h3-4,7-8H,2,5-6H2,1H3,(H,18,20)(H,19,22). The van der Waals surface area contributed by atoms with E-state index >= 15 is 0 Å². The molecule has 0 spiro atoms. The lowest BCUT2D eigenvalue weighted by Gasteiger charge is -2.08. The molecule has 1 amide bonds. The highest BCUT2D eigenvalue weighted by atomic mass is 19.4. The highest BCUT2D eigenvalue weighted by molar-refractivity contribution is 5.92. The summed E-state index contributed by atoms with van der Waals surface area (Å²) in [5, 5.41) is 9.12. The zero-order chi connectivity index (χ0) is 16.9. The molecule has 0 aliphatic heterocycles. The van der Waals surface area contributed by atoms with Crippen LogP contribution in [0.25, 0.3) is 0 Å². The topological polar surface area (TPSA) is 80.0 Å². The maximum atomic E-state index is 12.4. The van der Waals surface area contributed by atoms with Gasteiger partial charge in [0.2, 0.25) is 0 Å². The molecule has 0 radical (unpaired) electrons. The molecule has 0 aliphatic carbocycles. The van der Waals surface area contributed by atoms with E-state index in [9.17, 15) is 18.0 Å². The fourth-order valence-corrected chi connectivity index (χ4v) is 1.74. The Morgan fingerprint density at radius 2 is 2.09 bits per heavy atom. The number of aryl methyl sites for hydroxylation is 1. The van der Waals surface area contributed by atoms with Crippen LogP contribution in [0.3, 0.4) is 0 Å². The van der Waals surface area contributed by atoms with E-state index in [-0.39, 0.29) is 11.6 Å². The zero-order valence-electron chi connectivity index (χ0n) is 12.3. The molecule has 2 aromatic heterocycles. The van der Waals surface area contributed by atoms with Crippen LogP contribution in [0.15, 0.2) is 28.9 Å². The Balaban J connectivity index is 1.68. The first-order chi connectivity index (χ1) is 10.9. The molecule has 0 atom stereocenters. The molecule has 9 heteroatoms. The number of anilines is 1. The number of aromatic nitrogens is 2.